The van der Waals surface area contributed by atoms with Gasteiger partial charge in [0.25, 0.3) is 0 Å². The molecular formula is C52H44F6N10O2Pt2-6. The number of hydrogen-bond donors (Lipinski definition) is 0. The van der Waals surface area contributed by atoms with Crippen molar-refractivity contribution in [3.8, 4) is 33.8 Å². The van der Waals surface area contributed by atoms with Crippen LogP contribution in [0.3, 0.4) is 0 Å². The molecule has 0 N–H and O–H groups in total. The van der Waals surface area contributed by atoms with Crippen LogP contribution in [-0.2, 0) is 42.1 Å². The molecule has 72 heavy (non-hydrogen) atoms. The van der Waals surface area contributed by atoms with Gasteiger partial charge in [0.2, 0.25) is 0 Å². The van der Waals surface area contributed by atoms with E-state index in [1.165, 1.54) is 9.80 Å². The number of aromatic nitrogens is 6. The van der Waals surface area contributed by atoms with Gasteiger partial charge in [-0.05, 0) is 88.3 Å². The van der Waals surface area contributed by atoms with Crippen LogP contribution < -0.4 is 39.3 Å². The molecule has 20 heteroatoms. The topological polar surface area (TPSA) is 111 Å². The number of para-hydroxylation sites is 2. The molecule has 8 aromatic rings. The summed E-state index contributed by atoms with van der Waals surface area (Å²) in [6.45, 7) is 12.4. The molecule has 0 unspecified atom stereocenters. The smallest absolute Gasteiger partial charge is 0.127 e. The predicted molar refractivity (Wildman–Crippen MR) is 254 cm³/mol. The minimum atomic E-state index is -1.53. The van der Waals surface area contributed by atoms with Gasteiger partial charge in [-0.15, -0.1) is 35.7 Å². The first-order valence-electron chi connectivity index (χ1n) is 21.9. The molecule has 4 aromatic carbocycles. The largest absolute Gasteiger partial charge is 0.578 e. The Kier molecular flexibility index (Phi) is 18.4. The molecule has 2 aliphatic rings. The van der Waals surface area contributed by atoms with Gasteiger partial charge in [0.1, 0.15) is 23.1 Å². The number of rotatable bonds is 11. The number of halogens is 6. The van der Waals surface area contributed by atoms with Crippen molar-refractivity contribution in [2.75, 3.05) is 46.9 Å². The average Bonchev–Trinajstić information content (AvgIpc) is 4.10. The summed E-state index contributed by atoms with van der Waals surface area (Å²) >= 11 is 0. The molecule has 12 nitrogen and oxygen atoms in total. The molecule has 6 heterocycles. The van der Waals surface area contributed by atoms with Gasteiger partial charge >= 0.3 is 0 Å². The summed E-state index contributed by atoms with van der Waals surface area (Å²) < 4.78 is 91.0. The molecule has 0 bridgehead atoms. The van der Waals surface area contributed by atoms with Crippen LogP contribution in [-0.4, -0.2) is 47.5 Å². The summed E-state index contributed by atoms with van der Waals surface area (Å²) in [5.41, 5.74) is 9.56. The van der Waals surface area contributed by atoms with Crippen molar-refractivity contribution >= 4 is 34.4 Å². The zero-order valence-electron chi connectivity index (χ0n) is 39.4. The molecule has 0 aliphatic carbocycles. The minimum absolute atomic E-state index is 0. The van der Waals surface area contributed by atoms with Crippen molar-refractivity contribution in [2.24, 2.45) is 0 Å². The van der Waals surface area contributed by atoms with Crippen molar-refractivity contribution in [2.45, 2.75) is 40.5 Å². The van der Waals surface area contributed by atoms with Crippen molar-refractivity contribution in [3.05, 3.63) is 180 Å². The first kappa shape index (κ1) is 54.7. The van der Waals surface area contributed by atoms with Crippen LogP contribution in [0.5, 0.6) is 11.5 Å². The Labute approximate surface area is 441 Å². The average molecular weight is 1350 g/mol. The molecule has 382 valence electrons. The van der Waals surface area contributed by atoms with E-state index in [4.69, 9.17) is 9.47 Å². The van der Waals surface area contributed by atoms with E-state index < -0.39 is 34.9 Å². The molecule has 0 amide bonds. The van der Waals surface area contributed by atoms with Crippen LogP contribution in [0, 0.1) is 88.1 Å². The number of benzene rings is 4. The van der Waals surface area contributed by atoms with Gasteiger partial charge in [0, 0.05) is 100 Å². The number of ether oxygens (including phenoxy) is 2. The number of aryl methyl sites for hydroxylation is 4. The van der Waals surface area contributed by atoms with Crippen molar-refractivity contribution < 1.29 is 77.9 Å². The third kappa shape index (κ3) is 11.8. The normalized spacial score (nSPS) is 12.2. The Bertz CT molecular complexity index is 2850. The Hall–Kier alpha value is -6.64. The zero-order chi connectivity index (χ0) is 49.6. The van der Waals surface area contributed by atoms with Gasteiger partial charge in [-0.2, -0.15) is 13.3 Å². The van der Waals surface area contributed by atoms with Crippen LogP contribution >= 0.6 is 0 Å². The van der Waals surface area contributed by atoms with Gasteiger partial charge < -0.3 is 49.5 Å². The molecule has 10 rings (SSSR count). The summed E-state index contributed by atoms with van der Waals surface area (Å²) in [6.07, 6.45) is 4.91. The fourth-order valence-electron chi connectivity index (χ4n) is 7.84. The SMILES string of the molecule is CN1[CH-]N(c2[c-]c(F)c(F)c(F)c2)c2ncccc21.CN1[CH-]N(c2[c-]c(F)c(F)c(F)c2)c2ncccc21.Cc1n[n-]c(C)c1-c1ccccc1OCCCCOc1ccccc1-c1c(C)n[n-]c1C.[Pt].[Pt]. The summed E-state index contributed by atoms with van der Waals surface area (Å²) in [5, 5.41) is 16.8. The van der Waals surface area contributed by atoms with E-state index in [-0.39, 0.29) is 53.5 Å². The number of fused-ring (bicyclic) bond motifs is 2. The maximum Gasteiger partial charge on any atom is 0.127 e. The van der Waals surface area contributed by atoms with E-state index in [0.29, 0.717) is 24.8 Å². The summed E-state index contributed by atoms with van der Waals surface area (Å²) in [5.74, 6) is -5.54. The molecule has 0 saturated carbocycles. The second-order valence-electron chi connectivity index (χ2n) is 16.0. The van der Waals surface area contributed by atoms with Gasteiger partial charge in [0.15, 0.2) is 0 Å². The van der Waals surface area contributed by atoms with Gasteiger partial charge in [-0.25, -0.2) is 27.5 Å². The third-order valence-corrected chi connectivity index (χ3v) is 11.2. The van der Waals surface area contributed by atoms with E-state index in [2.05, 4.69) is 54.6 Å². The molecule has 0 radical (unpaired) electrons. The fourth-order valence-corrected chi connectivity index (χ4v) is 7.84. The molecular weight excluding hydrogens is 1300 g/mol. The number of unbranched alkanes of at least 4 members (excludes halogenated alkanes) is 1. The molecule has 0 atom stereocenters. The Morgan fingerprint density at radius 1 is 0.556 bits per heavy atom. The fraction of sp³-hybridized carbons (Fsp3) is 0.192. The van der Waals surface area contributed by atoms with E-state index >= 15 is 0 Å². The Morgan fingerprint density at radius 2 is 0.944 bits per heavy atom. The number of nitrogens with zero attached hydrogens (tertiary/aromatic N) is 10. The van der Waals surface area contributed by atoms with Crippen LogP contribution in [0.1, 0.15) is 35.6 Å². The zero-order valence-corrected chi connectivity index (χ0v) is 44.0. The van der Waals surface area contributed by atoms with Crippen LogP contribution in [0.15, 0.2) is 97.3 Å². The summed E-state index contributed by atoms with van der Waals surface area (Å²) in [6, 6.07) is 29.4. The van der Waals surface area contributed by atoms with E-state index in [1.807, 2.05) is 76.2 Å². The summed E-state index contributed by atoms with van der Waals surface area (Å²) in [7, 11) is 3.55. The number of hydrogen-bond acceptors (Lipinski definition) is 10. The van der Waals surface area contributed by atoms with Crippen LogP contribution in [0.2, 0.25) is 0 Å². The van der Waals surface area contributed by atoms with Crippen molar-refractivity contribution in [1.82, 2.24) is 30.4 Å². The van der Waals surface area contributed by atoms with Gasteiger partial charge in [-0.3, -0.25) is 8.78 Å². The molecule has 0 fully saturated rings. The Morgan fingerprint density at radius 3 is 1.31 bits per heavy atom. The number of pyridine rings is 2. The van der Waals surface area contributed by atoms with Gasteiger partial charge in [-0.1, -0.05) is 61.6 Å². The van der Waals surface area contributed by atoms with Gasteiger partial charge in [0.05, 0.1) is 36.5 Å². The first-order valence-corrected chi connectivity index (χ1v) is 21.9. The minimum Gasteiger partial charge on any atom is -0.578 e. The summed E-state index contributed by atoms with van der Waals surface area (Å²) in [4.78, 5) is 14.7. The van der Waals surface area contributed by atoms with E-state index in [0.717, 1.165) is 92.9 Å². The van der Waals surface area contributed by atoms with Crippen molar-refractivity contribution in [3.63, 3.8) is 0 Å². The second-order valence-corrected chi connectivity index (χ2v) is 16.0. The molecule has 0 saturated heterocycles. The maximum absolute atomic E-state index is 13.3. The first-order chi connectivity index (χ1) is 33.7. The quantitative estimate of drug-likeness (QED) is 0.0532. The van der Waals surface area contributed by atoms with Crippen LogP contribution in [0.4, 0.5) is 60.7 Å². The number of anilines is 6. The standard InChI is InChI=1S/C26H28N4O2.2C13H8F3N3.2Pt/c1-17-25(18(2)28-27-17)21-11-5-7-13-23(21)31-15-9-10-16-32-24-14-8-6-12-22(24)26-19(3)29-30-20(26)4;2*1-18-7-19(13-11(18)3-2-4-17-13)8-5-9(14)12(16)10(15)6-8;;/h5-8,11-14H,9-10,15-16H2,1-4H3;2*2-5,7H,1H3;;/q3*-2;;. The Balaban J connectivity index is 0.000000183. The second kappa shape index (κ2) is 24.2. The van der Waals surface area contributed by atoms with E-state index in [1.54, 1.807) is 61.8 Å². The predicted octanol–water partition coefficient (Wildman–Crippen LogP) is 11.2. The molecule has 4 aromatic heterocycles. The monoisotopic (exact) mass is 1340 g/mol. The third-order valence-electron chi connectivity index (χ3n) is 11.2. The van der Waals surface area contributed by atoms with E-state index in [9.17, 15) is 26.3 Å². The molecule has 0 spiro atoms. The van der Waals surface area contributed by atoms with Crippen molar-refractivity contribution in [1.29, 1.82) is 0 Å². The van der Waals surface area contributed by atoms with Crippen LogP contribution in [0.25, 0.3) is 22.3 Å². The molecule has 2 aliphatic heterocycles. The maximum atomic E-state index is 13.3.